The molecule has 0 radical (unpaired) electrons. The van der Waals surface area contributed by atoms with E-state index in [1.54, 1.807) is 0 Å². The summed E-state index contributed by atoms with van der Waals surface area (Å²) in [6, 6.07) is 13.3. The van der Waals surface area contributed by atoms with Crippen LogP contribution in [0.4, 0.5) is 0 Å². The Bertz CT molecular complexity index is 958. The fourth-order valence-electron chi connectivity index (χ4n) is 5.59. The van der Waals surface area contributed by atoms with Gasteiger partial charge in [-0.15, -0.1) is 0 Å². The van der Waals surface area contributed by atoms with Crippen molar-refractivity contribution in [2.75, 3.05) is 32.9 Å². The standard InChI is InChI=1S/C31H45NO4/c1-4-35-31(33)26-13-16-32(17-14-26)21-25-5-8-28-20-30(12-9-27(28)19-25)36-29-10-6-24(7-11-29)15-18-34-22-23(2)3/h5,8-9,12,19-20,23-24,26,29H,4,6-7,10-11,13-18,21-22H2,1-3H3/t24-,29+. The van der Waals surface area contributed by atoms with Crippen molar-refractivity contribution in [3.63, 3.8) is 0 Å². The Labute approximate surface area is 217 Å². The van der Waals surface area contributed by atoms with E-state index in [0.717, 1.165) is 70.2 Å². The van der Waals surface area contributed by atoms with Crippen LogP contribution in [0.3, 0.4) is 0 Å². The van der Waals surface area contributed by atoms with E-state index in [1.807, 2.05) is 6.92 Å². The van der Waals surface area contributed by atoms with Gasteiger partial charge in [0.25, 0.3) is 0 Å². The van der Waals surface area contributed by atoms with Gasteiger partial charge in [-0.05, 0) is 111 Å². The molecule has 2 aromatic rings. The van der Waals surface area contributed by atoms with Gasteiger partial charge >= 0.3 is 5.97 Å². The molecule has 36 heavy (non-hydrogen) atoms. The van der Waals surface area contributed by atoms with Crippen molar-refractivity contribution in [2.24, 2.45) is 17.8 Å². The number of hydrogen-bond acceptors (Lipinski definition) is 5. The number of likely N-dealkylation sites (tertiary alicyclic amines) is 1. The highest BCUT2D eigenvalue weighted by atomic mass is 16.5. The van der Waals surface area contributed by atoms with Gasteiger partial charge in [0.2, 0.25) is 0 Å². The molecular weight excluding hydrogens is 450 g/mol. The second kappa shape index (κ2) is 13.4. The summed E-state index contributed by atoms with van der Waals surface area (Å²) >= 11 is 0. The molecule has 0 unspecified atom stereocenters. The highest BCUT2D eigenvalue weighted by molar-refractivity contribution is 5.84. The summed E-state index contributed by atoms with van der Waals surface area (Å²) in [4.78, 5) is 14.4. The monoisotopic (exact) mass is 495 g/mol. The fourth-order valence-corrected chi connectivity index (χ4v) is 5.59. The average molecular weight is 496 g/mol. The normalized spacial score (nSPS) is 21.7. The summed E-state index contributed by atoms with van der Waals surface area (Å²) in [5.41, 5.74) is 1.32. The minimum atomic E-state index is -0.0272. The lowest BCUT2D eigenvalue weighted by molar-refractivity contribution is -0.149. The molecule has 1 aliphatic heterocycles. The van der Waals surface area contributed by atoms with E-state index in [2.05, 4.69) is 55.1 Å². The zero-order valence-corrected chi connectivity index (χ0v) is 22.5. The Morgan fingerprint density at radius 3 is 2.42 bits per heavy atom. The number of benzene rings is 2. The predicted molar refractivity (Wildman–Crippen MR) is 145 cm³/mol. The molecule has 0 N–H and O–H groups in total. The minimum absolute atomic E-state index is 0.0272. The molecule has 1 heterocycles. The van der Waals surface area contributed by atoms with Crippen molar-refractivity contribution in [3.05, 3.63) is 42.0 Å². The maximum Gasteiger partial charge on any atom is 0.309 e. The lowest BCUT2D eigenvalue weighted by Crippen LogP contribution is -2.36. The van der Waals surface area contributed by atoms with E-state index >= 15 is 0 Å². The molecule has 5 heteroatoms. The van der Waals surface area contributed by atoms with Gasteiger partial charge in [0.1, 0.15) is 5.75 Å². The highest BCUT2D eigenvalue weighted by Gasteiger charge is 2.26. The summed E-state index contributed by atoms with van der Waals surface area (Å²) < 4.78 is 17.4. The van der Waals surface area contributed by atoms with Gasteiger partial charge in [-0.25, -0.2) is 0 Å². The van der Waals surface area contributed by atoms with Crippen LogP contribution in [0.2, 0.25) is 0 Å². The van der Waals surface area contributed by atoms with Crippen LogP contribution in [0.1, 0.15) is 71.3 Å². The number of hydrogen-bond donors (Lipinski definition) is 0. The summed E-state index contributed by atoms with van der Waals surface area (Å²) in [7, 11) is 0. The van der Waals surface area contributed by atoms with Crippen molar-refractivity contribution in [2.45, 2.75) is 78.4 Å². The predicted octanol–water partition coefficient (Wildman–Crippen LogP) is 6.62. The molecule has 0 amide bonds. The number of nitrogens with zero attached hydrogens (tertiary/aromatic N) is 1. The summed E-state index contributed by atoms with van der Waals surface area (Å²) in [6.45, 7) is 11.3. The summed E-state index contributed by atoms with van der Waals surface area (Å²) in [6.07, 6.45) is 8.04. The number of fused-ring (bicyclic) bond motifs is 1. The van der Waals surface area contributed by atoms with Crippen molar-refractivity contribution < 1.29 is 19.0 Å². The Morgan fingerprint density at radius 2 is 1.69 bits per heavy atom. The average Bonchev–Trinajstić information content (AvgIpc) is 2.88. The van der Waals surface area contributed by atoms with Gasteiger partial charge in [-0.3, -0.25) is 9.69 Å². The minimum Gasteiger partial charge on any atom is -0.490 e. The van der Waals surface area contributed by atoms with Gasteiger partial charge < -0.3 is 14.2 Å². The Hall–Kier alpha value is -2.11. The number of carbonyl (C=O) groups is 1. The Kier molecular flexibility index (Phi) is 10.1. The van der Waals surface area contributed by atoms with Crippen LogP contribution in [-0.2, 0) is 20.8 Å². The first-order valence-corrected chi connectivity index (χ1v) is 14.2. The molecule has 4 rings (SSSR count). The van der Waals surface area contributed by atoms with Gasteiger partial charge in [-0.2, -0.15) is 0 Å². The smallest absolute Gasteiger partial charge is 0.309 e. The molecule has 0 spiro atoms. The quantitative estimate of drug-likeness (QED) is 0.259. The second-order valence-corrected chi connectivity index (χ2v) is 11.2. The summed E-state index contributed by atoms with van der Waals surface area (Å²) in [5, 5.41) is 2.49. The Morgan fingerprint density at radius 1 is 0.972 bits per heavy atom. The van der Waals surface area contributed by atoms with Crippen molar-refractivity contribution in [1.29, 1.82) is 0 Å². The maximum absolute atomic E-state index is 12.0. The first-order chi connectivity index (χ1) is 17.5. The number of rotatable bonds is 11. The van der Waals surface area contributed by atoms with Gasteiger partial charge in [0.15, 0.2) is 0 Å². The van der Waals surface area contributed by atoms with Crippen LogP contribution in [0.25, 0.3) is 10.8 Å². The van der Waals surface area contributed by atoms with Crippen molar-refractivity contribution >= 4 is 16.7 Å². The molecule has 1 saturated heterocycles. The van der Waals surface area contributed by atoms with E-state index in [0.29, 0.717) is 18.6 Å². The third-order valence-electron chi connectivity index (χ3n) is 7.71. The number of piperidine rings is 1. The molecule has 2 aliphatic rings. The van der Waals surface area contributed by atoms with Crippen molar-refractivity contribution in [3.8, 4) is 5.75 Å². The first-order valence-electron chi connectivity index (χ1n) is 14.2. The van der Waals surface area contributed by atoms with E-state index in [4.69, 9.17) is 14.2 Å². The Balaban J connectivity index is 1.22. The van der Waals surface area contributed by atoms with Gasteiger partial charge in [0, 0.05) is 19.8 Å². The van der Waals surface area contributed by atoms with Crippen molar-refractivity contribution in [1.82, 2.24) is 4.90 Å². The lowest BCUT2D eigenvalue weighted by atomic mass is 9.85. The van der Waals surface area contributed by atoms with E-state index in [1.165, 1.54) is 35.6 Å². The number of carbonyl (C=O) groups excluding carboxylic acids is 1. The van der Waals surface area contributed by atoms with E-state index < -0.39 is 0 Å². The third kappa shape index (κ3) is 7.94. The first kappa shape index (κ1) is 26.9. The summed E-state index contributed by atoms with van der Waals surface area (Å²) in [5.74, 6) is 2.42. The topological polar surface area (TPSA) is 48.0 Å². The molecule has 1 saturated carbocycles. The fraction of sp³-hybridized carbons (Fsp3) is 0.645. The molecule has 1 aliphatic carbocycles. The third-order valence-corrected chi connectivity index (χ3v) is 7.71. The van der Waals surface area contributed by atoms with E-state index in [9.17, 15) is 4.79 Å². The molecule has 0 atom stereocenters. The maximum atomic E-state index is 12.0. The molecule has 5 nitrogen and oxygen atoms in total. The van der Waals surface area contributed by atoms with Crippen LogP contribution < -0.4 is 4.74 Å². The SMILES string of the molecule is CCOC(=O)C1CCN(Cc2ccc3cc(O[C@H]4CC[C@@H](CCOCC(C)C)CC4)ccc3c2)CC1. The van der Waals surface area contributed by atoms with Crippen LogP contribution >= 0.6 is 0 Å². The zero-order chi connectivity index (χ0) is 25.3. The lowest BCUT2D eigenvalue weighted by Gasteiger charge is -2.30. The highest BCUT2D eigenvalue weighted by Crippen LogP contribution is 2.31. The van der Waals surface area contributed by atoms with Gasteiger partial charge in [-0.1, -0.05) is 32.0 Å². The zero-order valence-electron chi connectivity index (χ0n) is 22.5. The largest absolute Gasteiger partial charge is 0.490 e. The molecule has 2 aromatic carbocycles. The molecular formula is C31H45NO4. The molecule has 2 fully saturated rings. The second-order valence-electron chi connectivity index (χ2n) is 11.2. The molecule has 0 aromatic heterocycles. The van der Waals surface area contributed by atoms with E-state index in [-0.39, 0.29) is 11.9 Å². The van der Waals surface area contributed by atoms with Gasteiger partial charge in [0.05, 0.1) is 18.6 Å². The van der Waals surface area contributed by atoms with Crippen LogP contribution in [-0.4, -0.2) is 49.9 Å². The van der Waals surface area contributed by atoms with Crippen LogP contribution in [0.15, 0.2) is 36.4 Å². The molecule has 0 bridgehead atoms. The number of esters is 1. The molecule has 198 valence electrons. The number of ether oxygens (including phenoxy) is 3. The van der Waals surface area contributed by atoms with Crippen LogP contribution in [0, 0.1) is 17.8 Å². The van der Waals surface area contributed by atoms with Crippen LogP contribution in [0.5, 0.6) is 5.75 Å².